The van der Waals surface area contributed by atoms with Gasteiger partial charge < -0.3 is 10.6 Å². The molecule has 0 aliphatic carbocycles. The number of aryl methyl sites for hydroxylation is 1. The molecule has 2 N–H and O–H groups in total. The van der Waals surface area contributed by atoms with E-state index in [1.807, 2.05) is 19.1 Å². The van der Waals surface area contributed by atoms with Crippen LogP contribution in [0.1, 0.15) is 51.7 Å². The Hall–Kier alpha value is -1.60. The second-order valence-corrected chi connectivity index (χ2v) is 10.9. The minimum absolute atomic E-state index is 0.0542. The zero-order valence-corrected chi connectivity index (χ0v) is 19.7. The normalized spacial score (nSPS) is 19.2. The molecule has 2 rings (SSSR count). The summed E-state index contributed by atoms with van der Waals surface area (Å²) in [6, 6.07) is 5.43. The largest absolute Gasteiger partial charge is 0.357 e. The molecule has 1 aliphatic rings. The highest BCUT2D eigenvalue weighted by Gasteiger charge is 2.30. The van der Waals surface area contributed by atoms with E-state index in [0.717, 1.165) is 49.2 Å². The minimum atomic E-state index is -3.20. The van der Waals surface area contributed by atoms with Crippen LogP contribution in [0.25, 0.3) is 0 Å². The molecule has 0 radical (unpaired) electrons. The van der Waals surface area contributed by atoms with Gasteiger partial charge in [-0.25, -0.2) is 13.4 Å². The van der Waals surface area contributed by atoms with Crippen molar-refractivity contribution >= 4 is 15.8 Å². The van der Waals surface area contributed by atoms with Gasteiger partial charge in [0.15, 0.2) is 15.8 Å². The van der Waals surface area contributed by atoms with Crippen LogP contribution in [0.3, 0.4) is 0 Å². The number of guanidine groups is 1. The van der Waals surface area contributed by atoms with Crippen molar-refractivity contribution in [2.75, 3.05) is 32.4 Å². The van der Waals surface area contributed by atoms with Gasteiger partial charge in [0, 0.05) is 31.4 Å². The van der Waals surface area contributed by atoms with E-state index in [4.69, 9.17) is 4.99 Å². The zero-order valence-electron chi connectivity index (χ0n) is 18.9. The quantitative estimate of drug-likeness (QED) is 0.522. The van der Waals surface area contributed by atoms with E-state index >= 15 is 0 Å². The lowest BCUT2D eigenvalue weighted by Gasteiger charge is -2.43. The molecule has 0 spiro atoms. The molecule has 1 aliphatic heterocycles. The van der Waals surface area contributed by atoms with Crippen LogP contribution in [0.15, 0.2) is 28.1 Å². The molecule has 1 saturated heterocycles. The summed E-state index contributed by atoms with van der Waals surface area (Å²) in [6.07, 6.45) is 3.83. The highest BCUT2D eigenvalue weighted by Crippen LogP contribution is 2.23. The van der Waals surface area contributed by atoms with Gasteiger partial charge in [-0.15, -0.1) is 0 Å². The van der Waals surface area contributed by atoms with Crippen LogP contribution in [0.2, 0.25) is 0 Å². The maximum Gasteiger partial charge on any atom is 0.191 e. The van der Waals surface area contributed by atoms with E-state index in [1.54, 1.807) is 6.07 Å². The van der Waals surface area contributed by atoms with Gasteiger partial charge in [-0.05, 0) is 70.2 Å². The summed E-state index contributed by atoms with van der Waals surface area (Å²) in [6.45, 7) is 15.2. The average Bonchev–Trinajstić information content (AvgIpc) is 2.63. The maximum absolute atomic E-state index is 11.8. The monoisotopic (exact) mass is 422 g/mol. The van der Waals surface area contributed by atoms with Gasteiger partial charge in [-0.3, -0.25) is 4.90 Å². The number of benzene rings is 1. The topological polar surface area (TPSA) is 73.8 Å². The SMILES string of the molecule is CCNC(=NCc1ccc(S(C)(=O)=O)c(C)c1)NCC(C)(C)N1CCCC(C)C1. The van der Waals surface area contributed by atoms with Crippen molar-refractivity contribution in [2.24, 2.45) is 10.9 Å². The van der Waals surface area contributed by atoms with Gasteiger partial charge in [0.05, 0.1) is 11.4 Å². The number of nitrogens with zero attached hydrogens (tertiary/aromatic N) is 2. The summed E-state index contributed by atoms with van der Waals surface area (Å²) in [4.78, 5) is 7.66. The Kier molecular flexibility index (Phi) is 8.11. The fourth-order valence-electron chi connectivity index (χ4n) is 3.89. The Morgan fingerprint density at radius 1 is 1.31 bits per heavy atom. The first-order valence-electron chi connectivity index (χ1n) is 10.6. The van der Waals surface area contributed by atoms with Crippen LogP contribution < -0.4 is 10.6 Å². The molecule has 7 heteroatoms. The molecule has 1 fully saturated rings. The lowest BCUT2D eigenvalue weighted by molar-refractivity contribution is 0.0739. The number of hydrogen-bond acceptors (Lipinski definition) is 4. The van der Waals surface area contributed by atoms with Crippen LogP contribution in [0.4, 0.5) is 0 Å². The number of nitrogens with one attached hydrogen (secondary N) is 2. The standard InChI is InChI=1S/C22H38N4O2S/c1-7-23-21(25-16-22(4,5)26-12-8-9-17(2)15-26)24-14-19-10-11-20(18(3)13-19)29(6,27)28/h10-11,13,17H,7-9,12,14-16H2,1-6H3,(H2,23,24,25). The van der Waals surface area contributed by atoms with Gasteiger partial charge in [0.1, 0.15) is 0 Å². The van der Waals surface area contributed by atoms with E-state index in [1.165, 1.54) is 19.1 Å². The maximum atomic E-state index is 11.8. The zero-order chi connectivity index (χ0) is 21.7. The summed E-state index contributed by atoms with van der Waals surface area (Å²) in [5.41, 5.74) is 1.81. The molecule has 1 aromatic rings. The van der Waals surface area contributed by atoms with Crippen LogP contribution in [0.5, 0.6) is 0 Å². The summed E-state index contributed by atoms with van der Waals surface area (Å²) < 4.78 is 23.6. The van der Waals surface area contributed by atoms with E-state index in [9.17, 15) is 8.42 Å². The molecule has 1 atom stereocenters. The van der Waals surface area contributed by atoms with Gasteiger partial charge in [-0.2, -0.15) is 0 Å². The predicted octanol–water partition coefficient (Wildman–Crippen LogP) is 2.96. The molecule has 1 heterocycles. The minimum Gasteiger partial charge on any atom is -0.357 e. The number of likely N-dealkylation sites (tertiary alicyclic amines) is 1. The fraction of sp³-hybridized carbons (Fsp3) is 0.682. The lowest BCUT2D eigenvalue weighted by atomic mass is 9.93. The number of aliphatic imine (C=N–C) groups is 1. The molecular formula is C22H38N4O2S. The van der Waals surface area contributed by atoms with Crippen molar-refractivity contribution in [1.29, 1.82) is 0 Å². The first-order chi connectivity index (χ1) is 13.5. The lowest BCUT2D eigenvalue weighted by Crippen LogP contribution is -2.55. The molecule has 164 valence electrons. The summed E-state index contributed by atoms with van der Waals surface area (Å²) in [7, 11) is -3.20. The summed E-state index contributed by atoms with van der Waals surface area (Å²) >= 11 is 0. The third-order valence-corrected chi connectivity index (χ3v) is 6.86. The van der Waals surface area contributed by atoms with E-state index in [-0.39, 0.29) is 5.54 Å². The number of rotatable bonds is 7. The molecule has 0 aromatic heterocycles. The predicted molar refractivity (Wildman–Crippen MR) is 121 cm³/mol. The Morgan fingerprint density at radius 3 is 2.62 bits per heavy atom. The van der Waals surface area contributed by atoms with Crippen molar-refractivity contribution in [3.05, 3.63) is 29.3 Å². The van der Waals surface area contributed by atoms with Crippen LogP contribution in [0, 0.1) is 12.8 Å². The number of hydrogen-bond donors (Lipinski definition) is 2. The van der Waals surface area contributed by atoms with Crippen LogP contribution in [-0.4, -0.2) is 57.3 Å². The van der Waals surface area contributed by atoms with Crippen molar-refractivity contribution in [1.82, 2.24) is 15.5 Å². The first kappa shape index (κ1) is 23.7. The molecule has 0 bridgehead atoms. The van der Waals surface area contributed by atoms with Crippen molar-refractivity contribution < 1.29 is 8.42 Å². The van der Waals surface area contributed by atoms with Crippen LogP contribution >= 0.6 is 0 Å². The molecule has 0 amide bonds. The van der Waals surface area contributed by atoms with E-state index in [2.05, 4.69) is 43.2 Å². The smallest absolute Gasteiger partial charge is 0.191 e. The van der Waals surface area contributed by atoms with Gasteiger partial charge in [-0.1, -0.05) is 19.1 Å². The van der Waals surface area contributed by atoms with Gasteiger partial charge in [0.2, 0.25) is 0 Å². The fourth-order valence-corrected chi connectivity index (χ4v) is 4.85. The van der Waals surface area contributed by atoms with Crippen LogP contribution in [-0.2, 0) is 16.4 Å². The Morgan fingerprint density at radius 2 is 2.03 bits per heavy atom. The molecule has 1 unspecified atom stereocenters. The molecule has 1 aromatic carbocycles. The number of sulfone groups is 1. The highest BCUT2D eigenvalue weighted by atomic mass is 32.2. The third kappa shape index (κ3) is 7.00. The van der Waals surface area contributed by atoms with Crippen molar-refractivity contribution in [2.45, 2.75) is 64.4 Å². The second-order valence-electron chi connectivity index (χ2n) is 8.93. The first-order valence-corrected chi connectivity index (χ1v) is 12.5. The van der Waals surface area contributed by atoms with Gasteiger partial charge >= 0.3 is 0 Å². The summed E-state index contributed by atoms with van der Waals surface area (Å²) in [5, 5.41) is 6.81. The molecular weight excluding hydrogens is 384 g/mol. The van der Waals surface area contributed by atoms with Gasteiger partial charge in [0.25, 0.3) is 0 Å². The number of piperidine rings is 1. The highest BCUT2D eigenvalue weighted by molar-refractivity contribution is 7.90. The molecule has 29 heavy (non-hydrogen) atoms. The summed E-state index contributed by atoms with van der Waals surface area (Å²) in [5.74, 6) is 1.54. The molecule has 0 saturated carbocycles. The van der Waals surface area contributed by atoms with Crippen molar-refractivity contribution in [3.8, 4) is 0 Å². The van der Waals surface area contributed by atoms with E-state index in [0.29, 0.717) is 11.4 Å². The Labute approximate surface area is 177 Å². The van der Waals surface area contributed by atoms with Crippen molar-refractivity contribution in [3.63, 3.8) is 0 Å². The third-order valence-electron chi connectivity index (χ3n) is 5.60. The Bertz CT molecular complexity index is 818. The molecule has 6 nitrogen and oxygen atoms in total. The average molecular weight is 423 g/mol. The Balaban J connectivity index is 2.03. The second kappa shape index (κ2) is 9.94. The van der Waals surface area contributed by atoms with E-state index < -0.39 is 9.84 Å².